The van der Waals surface area contributed by atoms with Crippen LogP contribution in [-0.4, -0.2) is 27.6 Å². The van der Waals surface area contributed by atoms with Gasteiger partial charge in [0.05, 0.1) is 10.8 Å². The number of rotatable bonds is 4. The van der Waals surface area contributed by atoms with Crippen LogP contribution >= 0.6 is 0 Å². The lowest BCUT2D eigenvalue weighted by Crippen LogP contribution is -2.13. The summed E-state index contributed by atoms with van der Waals surface area (Å²) in [6, 6.07) is 11.8. The number of aliphatic hydroxyl groups is 2. The third kappa shape index (κ3) is 2.67. The van der Waals surface area contributed by atoms with Crippen LogP contribution in [0.3, 0.4) is 0 Å². The number of aliphatic hydroxyl groups excluding tert-OH is 2. The molecule has 2 N–H and O–H groups in total. The SMILES string of the molecule is O=S1c2cc(CCO)ccc2Cc2c(CCO)cccc21. The predicted octanol–water partition coefficient (Wildman–Crippen LogP) is 1.83. The molecule has 1 unspecified atom stereocenters. The highest BCUT2D eigenvalue weighted by Gasteiger charge is 2.24. The van der Waals surface area contributed by atoms with E-state index in [1.807, 2.05) is 36.4 Å². The fraction of sp³-hybridized carbons (Fsp3) is 0.294. The van der Waals surface area contributed by atoms with Crippen molar-refractivity contribution in [3.05, 3.63) is 58.7 Å². The number of fused-ring (bicyclic) bond motifs is 2. The molecule has 1 atom stereocenters. The second-order valence-electron chi connectivity index (χ2n) is 5.23. The van der Waals surface area contributed by atoms with Crippen molar-refractivity contribution >= 4 is 10.8 Å². The predicted molar refractivity (Wildman–Crippen MR) is 81.9 cm³/mol. The standard InChI is InChI=1S/C17H18O3S/c18-8-6-12-4-5-14-11-15-13(7-9-19)2-1-3-16(15)21(20)17(14)10-12/h1-5,10,18-19H,6-9,11H2. The molecule has 3 rings (SSSR count). The number of hydrogen-bond acceptors (Lipinski definition) is 3. The third-order valence-corrected chi connectivity index (χ3v) is 5.47. The van der Waals surface area contributed by atoms with Crippen LogP contribution in [0.25, 0.3) is 0 Å². The largest absolute Gasteiger partial charge is 0.396 e. The zero-order valence-corrected chi connectivity index (χ0v) is 12.5. The van der Waals surface area contributed by atoms with Gasteiger partial charge in [0.15, 0.2) is 0 Å². The zero-order valence-electron chi connectivity index (χ0n) is 11.7. The lowest BCUT2D eigenvalue weighted by molar-refractivity contribution is 0.299. The molecule has 0 spiro atoms. The van der Waals surface area contributed by atoms with Crippen LogP contribution in [0.2, 0.25) is 0 Å². The van der Waals surface area contributed by atoms with Gasteiger partial charge in [-0.2, -0.15) is 0 Å². The molecule has 2 aromatic carbocycles. The molecule has 110 valence electrons. The second-order valence-corrected chi connectivity index (χ2v) is 6.65. The maximum Gasteiger partial charge on any atom is 0.0855 e. The second kappa shape index (κ2) is 6.10. The molecule has 0 radical (unpaired) electrons. The summed E-state index contributed by atoms with van der Waals surface area (Å²) in [4.78, 5) is 1.71. The van der Waals surface area contributed by atoms with Crippen molar-refractivity contribution in [3.63, 3.8) is 0 Å². The first-order valence-electron chi connectivity index (χ1n) is 7.10. The minimum Gasteiger partial charge on any atom is -0.396 e. The van der Waals surface area contributed by atoms with Crippen molar-refractivity contribution in [2.45, 2.75) is 29.1 Å². The molecule has 0 aliphatic carbocycles. The Bertz CT molecular complexity index is 690. The van der Waals surface area contributed by atoms with Crippen molar-refractivity contribution in [1.82, 2.24) is 0 Å². The first-order chi connectivity index (χ1) is 10.2. The fourth-order valence-corrected chi connectivity index (χ4v) is 4.35. The monoisotopic (exact) mass is 302 g/mol. The van der Waals surface area contributed by atoms with Gasteiger partial charge in [-0.25, -0.2) is 4.21 Å². The third-order valence-electron chi connectivity index (χ3n) is 3.91. The van der Waals surface area contributed by atoms with Gasteiger partial charge >= 0.3 is 0 Å². The number of hydrogen-bond donors (Lipinski definition) is 2. The Kier molecular flexibility index (Phi) is 4.19. The Labute approximate surface area is 126 Å². The molecular weight excluding hydrogens is 284 g/mol. The molecule has 0 fully saturated rings. The maximum atomic E-state index is 12.8. The molecule has 0 saturated heterocycles. The van der Waals surface area contributed by atoms with Gasteiger partial charge in [-0.15, -0.1) is 0 Å². The van der Waals surface area contributed by atoms with Crippen molar-refractivity contribution in [1.29, 1.82) is 0 Å². The smallest absolute Gasteiger partial charge is 0.0855 e. The van der Waals surface area contributed by atoms with E-state index >= 15 is 0 Å². The lowest BCUT2D eigenvalue weighted by atomic mass is 9.96. The van der Waals surface area contributed by atoms with Crippen molar-refractivity contribution in [2.75, 3.05) is 13.2 Å². The molecule has 0 aromatic heterocycles. The van der Waals surface area contributed by atoms with E-state index in [0.29, 0.717) is 12.8 Å². The first-order valence-corrected chi connectivity index (χ1v) is 8.25. The molecule has 4 heteroatoms. The van der Waals surface area contributed by atoms with E-state index in [2.05, 4.69) is 0 Å². The molecule has 2 aromatic rings. The van der Waals surface area contributed by atoms with E-state index in [1.54, 1.807) is 0 Å². The van der Waals surface area contributed by atoms with E-state index in [-0.39, 0.29) is 13.2 Å². The van der Waals surface area contributed by atoms with Crippen LogP contribution in [-0.2, 0) is 30.1 Å². The summed E-state index contributed by atoms with van der Waals surface area (Å²) in [6.45, 7) is 0.202. The Morgan fingerprint density at radius 1 is 1.00 bits per heavy atom. The molecular formula is C17H18O3S. The Balaban J connectivity index is 2.06. The highest BCUT2D eigenvalue weighted by Crippen LogP contribution is 2.34. The quantitative estimate of drug-likeness (QED) is 0.773. The topological polar surface area (TPSA) is 57.5 Å². The van der Waals surface area contributed by atoms with Gasteiger partial charge in [-0.05, 0) is 47.2 Å². The average molecular weight is 302 g/mol. The van der Waals surface area contributed by atoms with E-state index in [9.17, 15) is 9.32 Å². The lowest BCUT2D eigenvalue weighted by Gasteiger charge is -2.22. The van der Waals surface area contributed by atoms with E-state index in [0.717, 1.165) is 38.5 Å². The van der Waals surface area contributed by atoms with E-state index in [4.69, 9.17) is 5.11 Å². The first kappa shape index (κ1) is 14.4. The molecule has 21 heavy (non-hydrogen) atoms. The minimum absolute atomic E-state index is 0.0999. The van der Waals surface area contributed by atoms with E-state index < -0.39 is 10.8 Å². The highest BCUT2D eigenvalue weighted by atomic mass is 32.2. The zero-order chi connectivity index (χ0) is 14.8. The van der Waals surface area contributed by atoms with Gasteiger partial charge in [0, 0.05) is 29.4 Å². The van der Waals surface area contributed by atoms with Crippen LogP contribution < -0.4 is 0 Å². The van der Waals surface area contributed by atoms with Gasteiger partial charge in [-0.3, -0.25) is 0 Å². The van der Waals surface area contributed by atoms with Crippen LogP contribution in [0.15, 0.2) is 46.2 Å². The van der Waals surface area contributed by atoms with Gasteiger partial charge in [-0.1, -0.05) is 24.3 Å². The van der Waals surface area contributed by atoms with Gasteiger partial charge in [0.25, 0.3) is 0 Å². The Morgan fingerprint density at radius 2 is 1.81 bits per heavy atom. The molecule has 0 amide bonds. The van der Waals surface area contributed by atoms with Gasteiger partial charge < -0.3 is 10.2 Å². The van der Waals surface area contributed by atoms with Crippen molar-refractivity contribution in [3.8, 4) is 0 Å². The average Bonchev–Trinajstić information content (AvgIpc) is 2.50. The summed E-state index contributed by atoms with van der Waals surface area (Å²) in [6.07, 6.45) is 1.94. The fourth-order valence-electron chi connectivity index (χ4n) is 2.85. The highest BCUT2D eigenvalue weighted by molar-refractivity contribution is 7.85. The molecule has 0 bridgehead atoms. The summed E-state index contributed by atoms with van der Waals surface area (Å²) in [7, 11) is -1.18. The summed E-state index contributed by atoms with van der Waals surface area (Å²) >= 11 is 0. The van der Waals surface area contributed by atoms with Crippen LogP contribution in [0.1, 0.15) is 22.3 Å². The molecule has 0 saturated carbocycles. The summed E-state index contributed by atoms with van der Waals surface area (Å²) in [5, 5.41) is 18.2. The summed E-state index contributed by atoms with van der Waals surface area (Å²) in [5.41, 5.74) is 4.26. The molecule has 1 aliphatic heterocycles. The van der Waals surface area contributed by atoms with E-state index in [1.165, 1.54) is 0 Å². The normalized spacial score (nSPS) is 16.4. The van der Waals surface area contributed by atoms with Crippen molar-refractivity contribution in [2.24, 2.45) is 0 Å². The summed E-state index contributed by atoms with van der Waals surface area (Å²) < 4.78 is 12.8. The minimum atomic E-state index is -1.18. The van der Waals surface area contributed by atoms with Gasteiger partial charge in [0.1, 0.15) is 0 Å². The number of benzene rings is 2. The Hall–Kier alpha value is -1.49. The molecule has 1 heterocycles. The Morgan fingerprint density at radius 3 is 2.57 bits per heavy atom. The summed E-state index contributed by atoms with van der Waals surface area (Å²) in [5.74, 6) is 0. The molecule has 3 nitrogen and oxygen atoms in total. The van der Waals surface area contributed by atoms with Crippen LogP contribution in [0.4, 0.5) is 0 Å². The van der Waals surface area contributed by atoms with Crippen LogP contribution in [0, 0.1) is 0 Å². The van der Waals surface area contributed by atoms with Gasteiger partial charge in [0.2, 0.25) is 0 Å². The van der Waals surface area contributed by atoms with Crippen LogP contribution in [0.5, 0.6) is 0 Å². The van der Waals surface area contributed by atoms with Crippen molar-refractivity contribution < 1.29 is 14.4 Å². The molecule has 1 aliphatic rings. The maximum absolute atomic E-state index is 12.8.